The van der Waals surface area contributed by atoms with Crippen molar-refractivity contribution in [3.8, 4) is 5.75 Å². The maximum Gasteiger partial charge on any atom is 0.138 e. The van der Waals surface area contributed by atoms with Crippen molar-refractivity contribution in [2.75, 3.05) is 5.73 Å². The molecule has 1 aromatic carbocycles. The summed E-state index contributed by atoms with van der Waals surface area (Å²) in [6.07, 6.45) is 0. The molecule has 0 aromatic heterocycles. The van der Waals surface area contributed by atoms with Crippen LogP contribution in [-0.2, 0) is 0 Å². The van der Waals surface area contributed by atoms with E-state index in [0.717, 1.165) is 11.1 Å². The second-order valence-corrected chi connectivity index (χ2v) is 2.50. The highest BCUT2D eigenvalue weighted by molar-refractivity contribution is 5.55. The lowest BCUT2D eigenvalue weighted by atomic mass is 10.1. The number of aryl methyl sites for hydroxylation is 2. The maximum atomic E-state index is 9.10. The summed E-state index contributed by atoms with van der Waals surface area (Å²) in [5.41, 5.74) is 8.06. The molecule has 0 atom stereocenters. The zero-order chi connectivity index (χ0) is 11.7. The highest BCUT2D eigenvalue weighted by Gasteiger charge is 1.98. The first-order chi connectivity index (χ1) is 6.61. The Morgan fingerprint density at radius 1 is 0.929 bits per heavy atom. The van der Waals surface area contributed by atoms with Crippen LogP contribution in [0.3, 0.4) is 0 Å². The van der Waals surface area contributed by atoms with Crippen LogP contribution in [0.2, 0.25) is 0 Å². The fourth-order valence-electron chi connectivity index (χ4n) is 0.823. The van der Waals surface area contributed by atoms with Gasteiger partial charge >= 0.3 is 0 Å². The molecule has 3 N–H and O–H groups in total. The van der Waals surface area contributed by atoms with E-state index in [1.807, 2.05) is 41.5 Å². The van der Waals surface area contributed by atoms with Crippen molar-refractivity contribution in [1.29, 1.82) is 0 Å². The van der Waals surface area contributed by atoms with Crippen molar-refractivity contribution < 1.29 is 5.11 Å². The first-order valence-electron chi connectivity index (χ1n) is 5.17. The predicted octanol–water partition coefficient (Wildman–Crippen LogP) is 3.64. The number of hydrogen-bond acceptors (Lipinski definition) is 2. The average Bonchev–Trinajstić information content (AvgIpc) is 2.21. The van der Waals surface area contributed by atoms with Gasteiger partial charge in [0.2, 0.25) is 0 Å². The molecule has 0 fully saturated rings. The topological polar surface area (TPSA) is 46.2 Å². The van der Waals surface area contributed by atoms with Crippen LogP contribution in [0.25, 0.3) is 0 Å². The highest BCUT2D eigenvalue weighted by atomic mass is 16.3. The summed E-state index contributed by atoms with van der Waals surface area (Å²) in [7, 11) is 0. The van der Waals surface area contributed by atoms with Gasteiger partial charge in [-0.3, -0.25) is 0 Å². The van der Waals surface area contributed by atoms with Gasteiger partial charge in [0.15, 0.2) is 0 Å². The van der Waals surface area contributed by atoms with Crippen LogP contribution in [0.15, 0.2) is 12.1 Å². The Hall–Kier alpha value is -1.18. The van der Waals surface area contributed by atoms with E-state index >= 15 is 0 Å². The molecule has 14 heavy (non-hydrogen) atoms. The molecule has 82 valence electrons. The van der Waals surface area contributed by atoms with E-state index in [4.69, 9.17) is 10.8 Å². The van der Waals surface area contributed by atoms with Crippen molar-refractivity contribution in [1.82, 2.24) is 0 Å². The molecule has 0 radical (unpaired) electrons. The minimum absolute atomic E-state index is 0.170. The third-order valence-electron chi connectivity index (χ3n) is 1.64. The summed E-state index contributed by atoms with van der Waals surface area (Å²) in [6.45, 7) is 11.9. The molecule has 0 aliphatic carbocycles. The van der Waals surface area contributed by atoms with Gasteiger partial charge in [0.05, 0.1) is 5.69 Å². The second-order valence-electron chi connectivity index (χ2n) is 2.50. The molecule has 0 spiro atoms. The van der Waals surface area contributed by atoms with Gasteiger partial charge in [0.25, 0.3) is 0 Å². The molecule has 0 saturated heterocycles. The van der Waals surface area contributed by atoms with Crippen LogP contribution in [0.4, 0.5) is 5.69 Å². The minimum Gasteiger partial charge on any atom is -0.506 e. The molecule has 0 heterocycles. The first-order valence-corrected chi connectivity index (χ1v) is 5.17. The van der Waals surface area contributed by atoms with Crippen LogP contribution in [-0.4, -0.2) is 5.11 Å². The number of hydrogen-bond donors (Lipinski definition) is 2. The molecular weight excluding hydrogens is 174 g/mol. The quantitative estimate of drug-likeness (QED) is 0.492. The summed E-state index contributed by atoms with van der Waals surface area (Å²) in [6, 6.07) is 3.44. The third kappa shape index (κ3) is 4.75. The van der Waals surface area contributed by atoms with Gasteiger partial charge in [-0.25, -0.2) is 0 Å². The Bertz CT molecular complexity index is 206. The normalized spacial score (nSPS) is 7.86. The number of rotatable bonds is 0. The number of nitrogen functional groups attached to an aromatic ring is 1. The number of phenolic OH excluding ortho intramolecular Hbond substituents is 1. The van der Waals surface area contributed by atoms with Crippen LogP contribution in [0.1, 0.15) is 38.8 Å². The van der Waals surface area contributed by atoms with Crippen molar-refractivity contribution in [3.05, 3.63) is 23.3 Å². The van der Waals surface area contributed by atoms with Gasteiger partial charge in [-0.15, -0.1) is 0 Å². The third-order valence-corrected chi connectivity index (χ3v) is 1.64. The molecule has 0 unspecified atom stereocenters. The van der Waals surface area contributed by atoms with Crippen molar-refractivity contribution >= 4 is 5.69 Å². The fourth-order valence-corrected chi connectivity index (χ4v) is 0.823. The van der Waals surface area contributed by atoms with Crippen LogP contribution < -0.4 is 5.73 Å². The van der Waals surface area contributed by atoms with E-state index < -0.39 is 0 Å². The number of aromatic hydroxyl groups is 1. The van der Waals surface area contributed by atoms with E-state index in [9.17, 15) is 0 Å². The van der Waals surface area contributed by atoms with Gasteiger partial charge in [0.1, 0.15) is 5.75 Å². The van der Waals surface area contributed by atoms with Crippen LogP contribution in [0, 0.1) is 13.8 Å². The van der Waals surface area contributed by atoms with E-state index in [2.05, 4.69) is 0 Å². The number of phenols is 1. The van der Waals surface area contributed by atoms with Gasteiger partial charge < -0.3 is 10.8 Å². The van der Waals surface area contributed by atoms with E-state index in [0.29, 0.717) is 5.69 Å². The van der Waals surface area contributed by atoms with Gasteiger partial charge in [-0.1, -0.05) is 27.7 Å². The monoisotopic (exact) mass is 197 g/mol. The Balaban J connectivity index is 0. The first kappa shape index (κ1) is 15.3. The summed E-state index contributed by atoms with van der Waals surface area (Å²) in [5, 5.41) is 9.10. The lowest BCUT2D eigenvalue weighted by Gasteiger charge is -2.02. The van der Waals surface area contributed by atoms with Gasteiger partial charge in [0, 0.05) is 0 Å². The summed E-state index contributed by atoms with van der Waals surface area (Å²) in [4.78, 5) is 0. The van der Waals surface area contributed by atoms with Gasteiger partial charge in [-0.05, 0) is 37.1 Å². The molecule has 1 rings (SSSR count). The molecule has 0 bridgehead atoms. The smallest absolute Gasteiger partial charge is 0.138 e. The fraction of sp³-hybridized carbons (Fsp3) is 0.500. The predicted molar refractivity (Wildman–Crippen MR) is 64.7 cm³/mol. The summed E-state index contributed by atoms with van der Waals surface area (Å²) >= 11 is 0. The van der Waals surface area contributed by atoms with E-state index in [-0.39, 0.29) is 5.75 Å². The van der Waals surface area contributed by atoms with Crippen molar-refractivity contribution in [2.24, 2.45) is 0 Å². The lowest BCUT2D eigenvalue weighted by molar-refractivity contribution is 0.477. The van der Waals surface area contributed by atoms with Crippen LogP contribution in [0.5, 0.6) is 5.75 Å². The zero-order valence-corrected chi connectivity index (χ0v) is 10.2. The Labute approximate surface area is 87.8 Å². The molecule has 0 saturated carbocycles. The second kappa shape index (κ2) is 8.42. The number of anilines is 1. The lowest BCUT2D eigenvalue weighted by Crippen LogP contribution is -1.88. The molecule has 2 nitrogen and oxygen atoms in total. The zero-order valence-electron chi connectivity index (χ0n) is 10.2. The Morgan fingerprint density at radius 2 is 1.29 bits per heavy atom. The number of benzene rings is 1. The number of nitrogens with two attached hydrogens (primary N) is 1. The minimum atomic E-state index is 0.170. The molecule has 0 aliphatic rings. The Kier molecular flexibility index (Phi) is 9.20. The SMILES string of the molecule is CC.CC.Cc1cc(N)c(O)cc1C. The molecule has 0 amide bonds. The van der Waals surface area contributed by atoms with E-state index in [1.54, 1.807) is 12.1 Å². The molecular formula is C12H23NO. The summed E-state index contributed by atoms with van der Waals surface area (Å²) in [5.74, 6) is 0.170. The molecule has 2 heteroatoms. The summed E-state index contributed by atoms with van der Waals surface area (Å²) < 4.78 is 0. The average molecular weight is 197 g/mol. The van der Waals surface area contributed by atoms with Gasteiger partial charge in [-0.2, -0.15) is 0 Å². The largest absolute Gasteiger partial charge is 0.506 e. The van der Waals surface area contributed by atoms with Crippen molar-refractivity contribution in [2.45, 2.75) is 41.5 Å². The highest BCUT2D eigenvalue weighted by Crippen LogP contribution is 2.23. The molecule has 1 aromatic rings. The van der Waals surface area contributed by atoms with E-state index in [1.165, 1.54) is 0 Å². The molecule has 0 aliphatic heterocycles. The van der Waals surface area contributed by atoms with Crippen molar-refractivity contribution in [3.63, 3.8) is 0 Å². The van der Waals surface area contributed by atoms with Crippen LogP contribution >= 0.6 is 0 Å². The Morgan fingerprint density at radius 3 is 1.64 bits per heavy atom. The maximum absolute atomic E-state index is 9.10. The standard InChI is InChI=1S/C8H11NO.2C2H6/c1-5-3-7(9)8(10)4-6(5)2;2*1-2/h3-4,10H,9H2,1-2H3;2*1-2H3.